The largest absolute Gasteiger partial charge is 0.428 e. The van der Waals surface area contributed by atoms with Crippen molar-refractivity contribution in [3.05, 3.63) is 52.6 Å². The lowest BCUT2D eigenvalue weighted by molar-refractivity contribution is -0.715. The molecule has 28 heavy (non-hydrogen) atoms. The number of aromatic nitrogens is 2. The van der Waals surface area contributed by atoms with E-state index in [2.05, 4.69) is 115 Å². The second kappa shape index (κ2) is 6.45. The number of hydrogen-bond acceptors (Lipinski definition) is 0. The number of hydrogen-bond donors (Lipinski definition) is 0. The van der Waals surface area contributed by atoms with Gasteiger partial charge in [0.1, 0.15) is 0 Å². The summed E-state index contributed by atoms with van der Waals surface area (Å²) < 4.78 is 5.55. The van der Waals surface area contributed by atoms with Crippen LogP contribution in [0, 0.1) is 0 Å². The van der Waals surface area contributed by atoms with Crippen LogP contribution < -0.4 is 4.22 Å². The Morgan fingerprint density at radius 3 is 1.68 bits per heavy atom. The summed E-state index contributed by atoms with van der Waals surface area (Å²) in [5.41, 5.74) is 7.60. The van der Waals surface area contributed by atoms with Crippen molar-refractivity contribution in [1.29, 1.82) is 0 Å². The first-order valence-corrected chi connectivity index (χ1v) is 11.9. The van der Waals surface area contributed by atoms with E-state index in [1.807, 2.05) is 0 Å². The molecule has 0 atom stereocenters. The van der Waals surface area contributed by atoms with E-state index in [1.54, 1.807) is 11.1 Å². The summed E-state index contributed by atoms with van der Waals surface area (Å²) in [7, 11) is -1.06. The van der Waals surface area contributed by atoms with Gasteiger partial charge >= 0.3 is 0 Å². The van der Waals surface area contributed by atoms with Crippen molar-refractivity contribution in [2.75, 3.05) is 0 Å². The zero-order valence-corrected chi connectivity index (χ0v) is 20.8. The second-order valence-electron chi connectivity index (χ2n) is 10.7. The molecule has 0 aliphatic heterocycles. The molecule has 0 saturated carbocycles. The summed E-state index contributed by atoms with van der Waals surface area (Å²) in [5.74, 6) is 1.40. The van der Waals surface area contributed by atoms with Crippen LogP contribution in [0.2, 0.25) is 0 Å². The molecule has 1 aromatic carbocycles. The van der Waals surface area contributed by atoms with E-state index >= 15 is 0 Å². The van der Waals surface area contributed by atoms with E-state index < -0.39 is 8.74 Å². The lowest BCUT2D eigenvalue weighted by Crippen LogP contribution is -2.75. The standard InChI is InChI=1S/C25H38N2Si/c1-17-18(2)20(4)25(11,19(17)3)28-26(23(5,6)7)22(27(28)24(8,9)10)21-15-13-12-14-16-21/h12-16H,1-11H3. The molecule has 0 saturated heterocycles. The highest BCUT2D eigenvalue weighted by Gasteiger charge is 2.43. The third kappa shape index (κ3) is 2.85. The first-order valence-electron chi connectivity index (χ1n) is 10.5. The van der Waals surface area contributed by atoms with Gasteiger partial charge in [0.05, 0.1) is 8.74 Å². The Labute approximate surface area is 173 Å². The number of nitrogens with zero attached hydrogens (tertiary/aromatic N) is 2. The molecule has 0 amide bonds. The van der Waals surface area contributed by atoms with Crippen LogP contribution >= 0.6 is 0 Å². The molecule has 1 aliphatic carbocycles. The molecule has 0 fully saturated rings. The van der Waals surface area contributed by atoms with E-state index in [0.717, 1.165) is 0 Å². The van der Waals surface area contributed by atoms with Crippen molar-refractivity contribution in [3.63, 3.8) is 0 Å². The summed E-state index contributed by atoms with van der Waals surface area (Å²) in [6, 6.07) is 11.0. The topological polar surface area (TPSA) is 8.81 Å². The van der Waals surface area contributed by atoms with Gasteiger partial charge in [0.25, 0.3) is 0 Å². The van der Waals surface area contributed by atoms with Crippen molar-refractivity contribution in [2.45, 2.75) is 92.3 Å². The quantitative estimate of drug-likeness (QED) is 0.544. The van der Waals surface area contributed by atoms with Crippen molar-refractivity contribution < 1.29 is 4.22 Å². The molecule has 0 radical (unpaired) electrons. The van der Waals surface area contributed by atoms with Crippen LogP contribution in [0.4, 0.5) is 0 Å². The molecular formula is C25H38N2Si. The molecule has 1 aromatic heterocycles. The van der Waals surface area contributed by atoms with Gasteiger partial charge in [-0.25, -0.2) is 0 Å². The Morgan fingerprint density at radius 1 is 0.821 bits per heavy atom. The predicted molar refractivity (Wildman–Crippen MR) is 122 cm³/mol. The summed E-state index contributed by atoms with van der Waals surface area (Å²) in [6.45, 7) is 26.1. The van der Waals surface area contributed by atoms with Gasteiger partial charge in [0.2, 0.25) is 0 Å². The highest BCUT2D eigenvalue weighted by atomic mass is 28.2. The second-order valence-corrected chi connectivity index (χ2v) is 13.2. The SMILES string of the molecule is CC1=C(C)C(C)([si-]2n(C(C)(C)C)c(-c3ccccc3)[n+]2C(C)(C)C)C(C)=C1C. The van der Waals surface area contributed by atoms with E-state index in [9.17, 15) is 0 Å². The van der Waals surface area contributed by atoms with E-state index in [4.69, 9.17) is 0 Å². The fourth-order valence-electron chi connectivity index (χ4n) is 4.85. The average molecular weight is 395 g/mol. The van der Waals surface area contributed by atoms with Gasteiger partial charge in [0, 0.05) is 16.6 Å². The summed E-state index contributed by atoms with van der Waals surface area (Å²) in [4.78, 5) is 0. The predicted octanol–water partition coefficient (Wildman–Crippen LogP) is 6.10. The van der Waals surface area contributed by atoms with Gasteiger partial charge in [-0.1, -0.05) is 47.4 Å². The Bertz CT molecular complexity index is 912. The number of rotatable bonds is 2. The first-order chi connectivity index (χ1) is 12.7. The van der Waals surface area contributed by atoms with E-state index in [0.29, 0.717) is 0 Å². The number of allylic oxidation sites excluding steroid dienone is 4. The highest BCUT2D eigenvalue weighted by molar-refractivity contribution is 6.44. The number of benzene rings is 1. The zero-order valence-electron chi connectivity index (χ0n) is 19.8. The van der Waals surface area contributed by atoms with Gasteiger partial charge in [-0.05, 0) is 86.4 Å². The lowest BCUT2D eigenvalue weighted by atomic mass is 9.98. The van der Waals surface area contributed by atoms with Crippen LogP contribution in [0.15, 0.2) is 52.6 Å². The maximum Gasteiger partial charge on any atom is 0.152 e. The minimum atomic E-state index is -1.06. The minimum Gasteiger partial charge on any atom is -0.428 e. The molecule has 0 spiro atoms. The Morgan fingerprint density at radius 2 is 1.29 bits per heavy atom. The molecule has 0 N–H and O–H groups in total. The van der Waals surface area contributed by atoms with Gasteiger partial charge in [0.15, 0.2) is 5.82 Å². The van der Waals surface area contributed by atoms with Gasteiger partial charge in [-0.15, -0.1) is 0 Å². The minimum absolute atomic E-state index is 0.0786. The average Bonchev–Trinajstić information content (AvgIpc) is 2.68. The fourth-order valence-corrected chi connectivity index (χ4v) is 8.98. The molecule has 3 rings (SSSR count). The monoisotopic (exact) mass is 394 g/mol. The molecular weight excluding hydrogens is 356 g/mol. The van der Waals surface area contributed by atoms with Crippen LogP contribution in [-0.2, 0) is 16.1 Å². The van der Waals surface area contributed by atoms with Gasteiger partial charge in [-0.3, -0.25) is 0 Å². The van der Waals surface area contributed by atoms with Crippen molar-refractivity contribution in [2.24, 2.45) is 0 Å². The van der Waals surface area contributed by atoms with Crippen LogP contribution in [0.5, 0.6) is 0 Å². The van der Waals surface area contributed by atoms with Gasteiger partial charge < -0.3 is 8.44 Å². The summed E-state index contributed by atoms with van der Waals surface area (Å²) >= 11 is 0. The maximum atomic E-state index is 2.77. The van der Waals surface area contributed by atoms with E-state index in [1.165, 1.54) is 22.5 Å². The highest BCUT2D eigenvalue weighted by Crippen LogP contribution is 2.46. The smallest absolute Gasteiger partial charge is 0.152 e. The molecule has 1 heterocycles. The van der Waals surface area contributed by atoms with E-state index in [-0.39, 0.29) is 16.1 Å². The molecule has 2 aromatic rings. The van der Waals surface area contributed by atoms with Crippen LogP contribution in [0.25, 0.3) is 11.4 Å². The van der Waals surface area contributed by atoms with Crippen molar-refractivity contribution in [3.8, 4) is 11.4 Å². The summed E-state index contributed by atoms with van der Waals surface area (Å²) in [6.07, 6.45) is 0. The molecule has 0 bridgehead atoms. The molecule has 1 aliphatic rings. The fraction of sp³-hybridized carbons (Fsp3) is 0.560. The molecule has 2 nitrogen and oxygen atoms in total. The molecule has 3 heteroatoms. The van der Waals surface area contributed by atoms with Crippen LogP contribution in [-0.4, -0.2) is 13.0 Å². The normalized spacial score (nSPS) is 17.8. The Hall–Kier alpha value is -1.61. The zero-order chi connectivity index (χ0) is 21.2. The molecule has 152 valence electrons. The summed E-state index contributed by atoms with van der Waals surface area (Å²) in [5, 5.41) is 0.109. The Balaban J connectivity index is 2.45. The molecule has 0 unspecified atom stereocenters. The third-order valence-electron chi connectivity index (χ3n) is 6.86. The van der Waals surface area contributed by atoms with Crippen LogP contribution in [0.1, 0.15) is 76.2 Å². The van der Waals surface area contributed by atoms with Crippen LogP contribution in [0.3, 0.4) is 0 Å². The third-order valence-corrected chi connectivity index (χ3v) is 11.1. The van der Waals surface area contributed by atoms with Gasteiger partial charge in [-0.2, -0.15) is 0 Å². The van der Waals surface area contributed by atoms with Crippen molar-refractivity contribution in [1.82, 2.24) is 4.22 Å². The first kappa shape index (κ1) is 21.1. The van der Waals surface area contributed by atoms with Crippen molar-refractivity contribution >= 4 is 8.74 Å². The lowest BCUT2D eigenvalue weighted by Gasteiger charge is -2.54. The maximum absolute atomic E-state index is 2.77. The Kier molecular flexibility index (Phi) is 4.86.